The van der Waals surface area contributed by atoms with Crippen LogP contribution in [0.15, 0.2) is 18.2 Å². The van der Waals surface area contributed by atoms with Crippen LogP contribution < -0.4 is 5.32 Å². The molecule has 0 spiro atoms. The molecular formula is C12H14Cl2N2. The normalized spacial score (nSPS) is 10.1. The maximum atomic E-state index is 8.36. The zero-order valence-corrected chi connectivity index (χ0v) is 10.5. The highest BCUT2D eigenvalue weighted by Crippen LogP contribution is 2.22. The predicted octanol–water partition coefficient (Wildman–Crippen LogP) is 3.78. The maximum absolute atomic E-state index is 8.36. The summed E-state index contributed by atoms with van der Waals surface area (Å²) in [5.41, 5.74) is 1.12. The molecule has 0 fully saturated rings. The third-order valence-corrected chi connectivity index (χ3v) is 2.94. The van der Waals surface area contributed by atoms with E-state index in [1.54, 1.807) is 6.07 Å². The minimum atomic E-state index is 0.583. The fourth-order valence-electron chi connectivity index (χ4n) is 1.34. The Kier molecular flexibility index (Phi) is 6.25. The number of nitrogens with zero attached hydrogens (tertiary/aromatic N) is 1. The van der Waals surface area contributed by atoms with Gasteiger partial charge in [0.05, 0.1) is 16.1 Å². The highest BCUT2D eigenvalue weighted by molar-refractivity contribution is 6.42. The van der Waals surface area contributed by atoms with Gasteiger partial charge in [0.2, 0.25) is 0 Å². The Balaban J connectivity index is 2.22. The molecule has 0 atom stereocenters. The van der Waals surface area contributed by atoms with Crippen molar-refractivity contribution in [3.8, 4) is 6.07 Å². The summed E-state index contributed by atoms with van der Waals surface area (Å²) in [5, 5.41) is 12.8. The molecule has 0 saturated carbocycles. The third kappa shape index (κ3) is 4.85. The van der Waals surface area contributed by atoms with Crippen LogP contribution in [0.4, 0.5) is 0 Å². The van der Waals surface area contributed by atoms with E-state index in [1.807, 2.05) is 12.1 Å². The largest absolute Gasteiger partial charge is 0.313 e. The van der Waals surface area contributed by atoms with Gasteiger partial charge in [-0.2, -0.15) is 5.26 Å². The molecule has 0 bridgehead atoms. The first kappa shape index (κ1) is 13.3. The van der Waals surface area contributed by atoms with Gasteiger partial charge >= 0.3 is 0 Å². The van der Waals surface area contributed by atoms with E-state index in [4.69, 9.17) is 28.5 Å². The highest BCUT2D eigenvalue weighted by Gasteiger charge is 1.98. The van der Waals surface area contributed by atoms with Crippen molar-refractivity contribution in [2.75, 3.05) is 6.54 Å². The Bertz CT molecular complexity index is 372. The van der Waals surface area contributed by atoms with Crippen molar-refractivity contribution in [2.45, 2.75) is 25.8 Å². The molecule has 1 aromatic rings. The number of nitrogens with one attached hydrogen (secondary N) is 1. The molecule has 0 aliphatic carbocycles. The number of nitriles is 1. The van der Waals surface area contributed by atoms with Crippen LogP contribution in [0.25, 0.3) is 0 Å². The molecule has 0 aromatic heterocycles. The Morgan fingerprint density at radius 1 is 1.19 bits per heavy atom. The lowest BCUT2D eigenvalue weighted by atomic mass is 10.2. The van der Waals surface area contributed by atoms with E-state index in [0.29, 0.717) is 16.5 Å². The van der Waals surface area contributed by atoms with Gasteiger partial charge in [0.15, 0.2) is 0 Å². The van der Waals surface area contributed by atoms with Crippen LogP contribution in [0, 0.1) is 11.3 Å². The quantitative estimate of drug-likeness (QED) is 0.787. The van der Waals surface area contributed by atoms with E-state index >= 15 is 0 Å². The van der Waals surface area contributed by atoms with Crippen molar-refractivity contribution in [3.05, 3.63) is 33.8 Å². The van der Waals surface area contributed by atoms with Crippen LogP contribution in [-0.4, -0.2) is 6.54 Å². The molecule has 86 valence electrons. The van der Waals surface area contributed by atoms with Crippen molar-refractivity contribution in [1.82, 2.24) is 5.32 Å². The van der Waals surface area contributed by atoms with Crippen molar-refractivity contribution in [1.29, 1.82) is 5.26 Å². The summed E-state index contributed by atoms with van der Waals surface area (Å²) in [6, 6.07) is 7.75. The van der Waals surface area contributed by atoms with Gasteiger partial charge in [-0.05, 0) is 37.1 Å². The molecule has 0 heterocycles. The minimum absolute atomic E-state index is 0.583. The first-order valence-electron chi connectivity index (χ1n) is 5.25. The Morgan fingerprint density at radius 3 is 2.69 bits per heavy atom. The topological polar surface area (TPSA) is 35.8 Å². The van der Waals surface area contributed by atoms with Crippen molar-refractivity contribution >= 4 is 23.2 Å². The molecule has 16 heavy (non-hydrogen) atoms. The fraction of sp³-hybridized carbons (Fsp3) is 0.417. The molecule has 2 nitrogen and oxygen atoms in total. The standard InChI is InChI=1S/C12H14Cl2N2/c13-11-5-4-10(8-12(11)14)9-16-7-3-1-2-6-15/h4-5,8,16H,1-3,7,9H2. The van der Waals surface area contributed by atoms with E-state index in [0.717, 1.165) is 31.5 Å². The second-order valence-electron chi connectivity index (χ2n) is 3.54. The zero-order valence-electron chi connectivity index (χ0n) is 8.97. The summed E-state index contributed by atoms with van der Waals surface area (Å²) in [7, 11) is 0. The summed E-state index contributed by atoms with van der Waals surface area (Å²) in [6.07, 6.45) is 2.61. The van der Waals surface area contributed by atoms with Gasteiger partial charge < -0.3 is 5.32 Å². The lowest BCUT2D eigenvalue weighted by molar-refractivity contribution is 0.629. The van der Waals surface area contributed by atoms with Gasteiger partial charge in [-0.15, -0.1) is 0 Å². The molecule has 1 N–H and O–H groups in total. The molecule has 0 amide bonds. The van der Waals surface area contributed by atoms with Crippen LogP contribution >= 0.6 is 23.2 Å². The van der Waals surface area contributed by atoms with Gasteiger partial charge in [0, 0.05) is 13.0 Å². The van der Waals surface area contributed by atoms with Crippen LogP contribution in [-0.2, 0) is 6.54 Å². The molecule has 0 saturated heterocycles. The Morgan fingerprint density at radius 2 is 2.00 bits per heavy atom. The molecule has 0 unspecified atom stereocenters. The van der Waals surface area contributed by atoms with Gasteiger partial charge in [-0.1, -0.05) is 29.3 Å². The van der Waals surface area contributed by atoms with Crippen LogP contribution in [0.2, 0.25) is 10.0 Å². The van der Waals surface area contributed by atoms with Crippen LogP contribution in [0.5, 0.6) is 0 Å². The first-order valence-corrected chi connectivity index (χ1v) is 6.01. The van der Waals surface area contributed by atoms with Crippen LogP contribution in [0.1, 0.15) is 24.8 Å². The SMILES string of the molecule is N#CCCCCNCc1ccc(Cl)c(Cl)c1. The van der Waals surface area contributed by atoms with E-state index in [9.17, 15) is 0 Å². The lowest BCUT2D eigenvalue weighted by Gasteiger charge is -2.05. The van der Waals surface area contributed by atoms with Gasteiger partial charge in [-0.25, -0.2) is 0 Å². The molecule has 1 rings (SSSR count). The second-order valence-corrected chi connectivity index (χ2v) is 4.35. The van der Waals surface area contributed by atoms with E-state index < -0.39 is 0 Å². The summed E-state index contributed by atoms with van der Waals surface area (Å²) in [4.78, 5) is 0. The average molecular weight is 257 g/mol. The number of rotatable bonds is 6. The molecule has 4 heteroatoms. The predicted molar refractivity (Wildman–Crippen MR) is 67.6 cm³/mol. The molecular weight excluding hydrogens is 243 g/mol. The van der Waals surface area contributed by atoms with Crippen molar-refractivity contribution < 1.29 is 0 Å². The monoisotopic (exact) mass is 256 g/mol. The number of hydrogen-bond donors (Lipinski definition) is 1. The zero-order chi connectivity index (χ0) is 11.8. The van der Waals surface area contributed by atoms with Gasteiger partial charge in [0.1, 0.15) is 0 Å². The summed E-state index contributed by atoms with van der Waals surface area (Å²) >= 11 is 11.7. The minimum Gasteiger partial charge on any atom is -0.313 e. The molecule has 0 radical (unpaired) electrons. The summed E-state index contributed by atoms with van der Waals surface area (Å²) in [6.45, 7) is 1.70. The summed E-state index contributed by atoms with van der Waals surface area (Å²) < 4.78 is 0. The number of hydrogen-bond acceptors (Lipinski definition) is 2. The molecule has 0 aliphatic heterocycles. The van der Waals surface area contributed by atoms with Gasteiger partial charge in [0.25, 0.3) is 0 Å². The molecule has 1 aromatic carbocycles. The maximum Gasteiger partial charge on any atom is 0.0621 e. The van der Waals surface area contributed by atoms with Crippen molar-refractivity contribution in [2.24, 2.45) is 0 Å². The Hall–Kier alpha value is -0.750. The van der Waals surface area contributed by atoms with Crippen LogP contribution in [0.3, 0.4) is 0 Å². The Labute approximate surface area is 106 Å². The summed E-state index contributed by atoms with van der Waals surface area (Å²) in [5.74, 6) is 0. The van der Waals surface area contributed by atoms with E-state index in [2.05, 4.69) is 11.4 Å². The fourth-order valence-corrected chi connectivity index (χ4v) is 1.66. The van der Waals surface area contributed by atoms with E-state index in [1.165, 1.54) is 0 Å². The third-order valence-electron chi connectivity index (χ3n) is 2.21. The number of unbranched alkanes of at least 4 members (excludes halogenated alkanes) is 2. The number of halogens is 2. The lowest BCUT2D eigenvalue weighted by Crippen LogP contribution is -2.14. The van der Waals surface area contributed by atoms with Crippen molar-refractivity contribution in [3.63, 3.8) is 0 Å². The molecule has 0 aliphatic rings. The number of benzene rings is 1. The van der Waals surface area contributed by atoms with Gasteiger partial charge in [-0.3, -0.25) is 0 Å². The second kappa shape index (κ2) is 7.51. The smallest absolute Gasteiger partial charge is 0.0621 e. The van der Waals surface area contributed by atoms with E-state index in [-0.39, 0.29) is 0 Å². The first-order chi connectivity index (χ1) is 7.74. The average Bonchev–Trinajstić information content (AvgIpc) is 2.28. The highest BCUT2D eigenvalue weighted by atomic mass is 35.5.